The lowest BCUT2D eigenvalue weighted by molar-refractivity contribution is 0.171. The van der Waals surface area contributed by atoms with Gasteiger partial charge in [-0.2, -0.15) is 0 Å². The van der Waals surface area contributed by atoms with Crippen LogP contribution in [0.1, 0.15) is 5.56 Å². The molecule has 9 nitrogen and oxygen atoms in total. The maximum absolute atomic E-state index is 11.9. The predicted octanol–water partition coefficient (Wildman–Crippen LogP) is 3.44. The second-order valence-electron chi connectivity index (χ2n) is 8.51. The summed E-state index contributed by atoms with van der Waals surface area (Å²) in [5.41, 5.74) is 0.389. The third kappa shape index (κ3) is 3.93. The van der Waals surface area contributed by atoms with Crippen molar-refractivity contribution in [2.75, 3.05) is 50.8 Å². The van der Waals surface area contributed by atoms with Crippen LogP contribution in [0.5, 0.6) is 11.5 Å². The van der Waals surface area contributed by atoms with Crippen LogP contribution in [0.25, 0.3) is 16.6 Å². The molecule has 0 atom stereocenters. The summed E-state index contributed by atoms with van der Waals surface area (Å²) in [6.07, 6.45) is 0.601. The molecule has 0 bridgehead atoms. The number of rotatable bonds is 4. The lowest BCUT2D eigenvalue weighted by Crippen LogP contribution is -2.47. The smallest absolute Gasteiger partial charge is 0.442 e. The molecule has 11 heteroatoms. The third-order valence-corrected chi connectivity index (χ3v) is 7.02. The van der Waals surface area contributed by atoms with E-state index in [0.29, 0.717) is 40.9 Å². The van der Waals surface area contributed by atoms with Crippen molar-refractivity contribution in [1.82, 2.24) is 9.47 Å². The average molecular weight is 518 g/mol. The van der Waals surface area contributed by atoms with E-state index >= 15 is 0 Å². The highest BCUT2D eigenvalue weighted by Crippen LogP contribution is 2.44. The van der Waals surface area contributed by atoms with Gasteiger partial charge in [0.05, 0.1) is 10.5 Å². The summed E-state index contributed by atoms with van der Waals surface area (Å²) < 4.78 is 23.4. The first kappa shape index (κ1) is 22.3. The molecule has 0 saturated carbocycles. The molecule has 1 saturated heterocycles. The largest absolute Gasteiger partial charge is 0.486 e. The van der Waals surface area contributed by atoms with Crippen molar-refractivity contribution in [3.05, 3.63) is 66.8 Å². The van der Waals surface area contributed by atoms with Crippen LogP contribution in [0.2, 0.25) is 10.0 Å². The molecule has 2 aromatic heterocycles. The lowest BCUT2D eigenvalue weighted by Gasteiger charge is -2.37. The zero-order valence-electron chi connectivity index (χ0n) is 18.6. The first-order valence-electron chi connectivity index (χ1n) is 11.3. The molecule has 4 aromatic rings. The Hall–Kier alpha value is -3.14. The van der Waals surface area contributed by atoms with Crippen LogP contribution < -0.4 is 25.6 Å². The maximum Gasteiger partial charge on any atom is 0.442 e. The molecule has 4 heterocycles. The van der Waals surface area contributed by atoms with Crippen molar-refractivity contribution < 1.29 is 18.4 Å². The molecule has 0 aliphatic carbocycles. The molecular formula is C24H21Cl2N3O6. The number of anilines is 1. The van der Waals surface area contributed by atoms with E-state index in [1.54, 1.807) is 12.1 Å². The highest BCUT2D eigenvalue weighted by Gasteiger charge is 2.27. The minimum atomic E-state index is -1.06. The van der Waals surface area contributed by atoms with E-state index in [1.165, 1.54) is 4.57 Å². The van der Waals surface area contributed by atoms with Gasteiger partial charge in [-0.3, -0.25) is 4.90 Å². The second kappa shape index (κ2) is 8.82. The fourth-order valence-corrected chi connectivity index (χ4v) is 5.23. The molecule has 0 spiro atoms. The van der Waals surface area contributed by atoms with Crippen molar-refractivity contribution in [3.8, 4) is 11.5 Å². The van der Waals surface area contributed by atoms with Gasteiger partial charge in [0.25, 0.3) is 0 Å². The summed E-state index contributed by atoms with van der Waals surface area (Å²) in [5, 5.41) is 1.96. The van der Waals surface area contributed by atoms with Gasteiger partial charge in [0.2, 0.25) is 5.71 Å². The van der Waals surface area contributed by atoms with Crippen LogP contribution in [0.4, 0.5) is 5.69 Å². The van der Waals surface area contributed by atoms with Crippen LogP contribution >= 0.6 is 23.2 Å². The number of benzene rings is 2. The van der Waals surface area contributed by atoms with Gasteiger partial charge in [0.1, 0.15) is 18.9 Å². The van der Waals surface area contributed by atoms with Crippen molar-refractivity contribution >= 4 is 45.5 Å². The molecular weight excluding hydrogens is 497 g/mol. The number of halogens is 2. The van der Waals surface area contributed by atoms with Gasteiger partial charge in [0, 0.05) is 48.7 Å². The summed E-state index contributed by atoms with van der Waals surface area (Å²) in [7, 11) is 0. The Bertz CT molecular complexity index is 1550. The number of nitrogens with zero attached hydrogens (tertiary/aromatic N) is 3. The maximum atomic E-state index is 11.9. The number of fused-ring (bicyclic) bond motifs is 4. The van der Waals surface area contributed by atoms with Crippen molar-refractivity contribution in [2.45, 2.75) is 6.42 Å². The van der Waals surface area contributed by atoms with Crippen LogP contribution in [-0.4, -0.2) is 55.4 Å². The number of ether oxygens (including phenoxy) is 2. The SMILES string of the molecule is O=c1oc2c(CCN3CCN(c4c(Cl)ccc5c4OCCO5)CC3)c3ccc(Cl)cc3n2oc1=O. The monoisotopic (exact) mass is 517 g/mol. The molecule has 2 aromatic carbocycles. The van der Waals surface area contributed by atoms with E-state index in [4.69, 9.17) is 41.6 Å². The van der Waals surface area contributed by atoms with E-state index < -0.39 is 11.3 Å². The average Bonchev–Trinajstić information content (AvgIpc) is 3.15. The Labute approximate surface area is 208 Å². The molecule has 0 amide bonds. The first-order chi connectivity index (χ1) is 17.0. The lowest BCUT2D eigenvalue weighted by atomic mass is 10.1. The van der Waals surface area contributed by atoms with Crippen LogP contribution in [0, 0.1) is 0 Å². The van der Waals surface area contributed by atoms with Gasteiger partial charge >= 0.3 is 11.3 Å². The summed E-state index contributed by atoms with van der Waals surface area (Å²) >= 11 is 12.7. The molecule has 0 N–H and O–H groups in total. The van der Waals surface area contributed by atoms with E-state index in [0.717, 1.165) is 55.1 Å². The standard InChI is InChI=1S/C24H21Cl2N3O6/c25-14-1-2-15-16(22-29(18(15)13-14)35-24(31)23(30)34-22)5-6-27-7-9-28(10-8-27)20-17(26)3-4-19-21(20)33-12-11-32-19/h1-4,13H,5-12H2. The quantitative estimate of drug-likeness (QED) is 0.380. The molecule has 2 aliphatic rings. The Morgan fingerprint density at radius 1 is 0.914 bits per heavy atom. The highest BCUT2D eigenvalue weighted by atomic mass is 35.5. The first-order valence-corrected chi connectivity index (χ1v) is 12.1. The number of aromatic nitrogens is 1. The van der Waals surface area contributed by atoms with Crippen LogP contribution in [-0.2, 0) is 6.42 Å². The topological polar surface area (TPSA) is 89.8 Å². The van der Waals surface area contributed by atoms with Gasteiger partial charge in [0.15, 0.2) is 11.5 Å². The van der Waals surface area contributed by atoms with Gasteiger partial charge in [-0.1, -0.05) is 29.3 Å². The summed E-state index contributed by atoms with van der Waals surface area (Å²) in [5.74, 6) is 1.43. The predicted molar refractivity (Wildman–Crippen MR) is 132 cm³/mol. The van der Waals surface area contributed by atoms with Crippen molar-refractivity contribution in [1.29, 1.82) is 0 Å². The molecule has 0 unspecified atom stereocenters. The molecule has 6 rings (SSSR count). The number of piperazine rings is 1. The summed E-state index contributed by atoms with van der Waals surface area (Å²) in [6, 6.07) is 8.98. The van der Waals surface area contributed by atoms with E-state index in [9.17, 15) is 9.59 Å². The van der Waals surface area contributed by atoms with Gasteiger partial charge in [-0.05, 0) is 30.7 Å². The van der Waals surface area contributed by atoms with E-state index in [2.05, 4.69) is 9.80 Å². The molecule has 182 valence electrons. The van der Waals surface area contributed by atoms with Crippen molar-refractivity contribution in [2.24, 2.45) is 0 Å². The number of hydrogen-bond donors (Lipinski definition) is 0. The minimum absolute atomic E-state index is 0.227. The molecule has 0 radical (unpaired) electrons. The van der Waals surface area contributed by atoms with Crippen molar-refractivity contribution in [3.63, 3.8) is 0 Å². The Morgan fingerprint density at radius 2 is 1.71 bits per heavy atom. The Kier molecular flexibility index (Phi) is 5.63. The Balaban J connectivity index is 1.22. The van der Waals surface area contributed by atoms with Gasteiger partial charge in [-0.25, -0.2) is 9.59 Å². The minimum Gasteiger partial charge on any atom is -0.486 e. The number of hydrogen-bond acceptors (Lipinski definition) is 8. The molecule has 2 aliphatic heterocycles. The van der Waals surface area contributed by atoms with Gasteiger partial charge in [-0.15, -0.1) is 4.57 Å². The molecule has 1 fully saturated rings. The second-order valence-corrected chi connectivity index (χ2v) is 9.35. The fraction of sp³-hybridized carbons (Fsp3) is 0.333. The third-order valence-electron chi connectivity index (χ3n) is 6.48. The fourth-order valence-electron chi connectivity index (χ4n) is 4.80. The summed E-state index contributed by atoms with van der Waals surface area (Å²) in [6.45, 7) is 4.94. The van der Waals surface area contributed by atoms with E-state index in [1.807, 2.05) is 18.2 Å². The van der Waals surface area contributed by atoms with Crippen LogP contribution in [0.15, 0.2) is 48.9 Å². The molecule has 35 heavy (non-hydrogen) atoms. The summed E-state index contributed by atoms with van der Waals surface area (Å²) in [4.78, 5) is 28.2. The Morgan fingerprint density at radius 3 is 2.54 bits per heavy atom. The normalized spacial score (nSPS) is 16.3. The zero-order valence-corrected chi connectivity index (χ0v) is 20.1. The highest BCUT2D eigenvalue weighted by molar-refractivity contribution is 6.33. The van der Waals surface area contributed by atoms with Crippen LogP contribution in [0.3, 0.4) is 0 Å². The van der Waals surface area contributed by atoms with E-state index in [-0.39, 0.29) is 5.71 Å². The zero-order chi connectivity index (χ0) is 24.1. The van der Waals surface area contributed by atoms with Gasteiger partial charge < -0.3 is 23.3 Å².